The van der Waals surface area contributed by atoms with Crippen molar-refractivity contribution in [1.29, 1.82) is 0 Å². The molecule has 0 bridgehead atoms. The van der Waals surface area contributed by atoms with E-state index in [0.717, 1.165) is 10.0 Å². The first-order chi connectivity index (χ1) is 10.6. The number of nitro groups is 1. The molecule has 3 aromatic rings. The molecule has 110 valence electrons. The third kappa shape index (κ3) is 3.17. The number of nitro benzene ring substituents is 1. The summed E-state index contributed by atoms with van der Waals surface area (Å²) < 4.78 is 1.00. The van der Waals surface area contributed by atoms with E-state index in [0.29, 0.717) is 17.9 Å². The first-order valence-corrected chi connectivity index (χ1v) is 7.18. The molecule has 8 heteroatoms. The lowest BCUT2D eigenvalue weighted by molar-refractivity contribution is -0.384. The Morgan fingerprint density at radius 1 is 1.18 bits per heavy atom. The minimum atomic E-state index is -0.449. The predicted molar refractivity (Wildman–Crippen MR) is 83.2 cm³/mol. The van der Waals surface area contributed by atoms with Gasteiger partial charge in [-0.1, -0.05) is 40.2 Å². The van der Waals surface area contributed by atoms with E-state index < -0.39 is 4.92 Å². The summed E-state index contributed by atoms with van der Waals surface area (Å²) in [6, 6.07) is 14.0. The Balaban J connectivity index is 1.83. The lowest BCUT2D eigenvalue weighted by atomic mass is 10.2. The first-order valence-electron chi connectivity index (χ1n) is 6.39. The van der Waals surface area contributed by atoms with Crippen LogP contribution in [-0.4, -0.2) is 25.1 Å². The minimum Gasteiger partial charge on any atom is -0.258 e. The molecular weight excluding hydrogens is 350 g/mol. The Labute approximate surface area is 133 Å². The molecule has 0 N–H and O–H groups in total. The maximum Gasteiger partial charge on any atom is 0.270 e. The molecular formula is C14H10BrN5O2. The fraction of sp³-hybridized carbons (Fsp3) is 0.0714. The van der Waals surface area contributed by atoms with Crippen LogP contribution in [0, 0.1) is 10.1 Å². The van der Waals surface area contributed by atoms with Crippen molar-refractivity contribution in [3.8, 4) is 11.4 Å². The molecule has 0 aliphatic carbocycles. The fourth-order valence-corrected chi connectivity index (χ4v) is 2.20. The molecule has 1 heterocycles. The van der Waals surface area contributed by atoms with Crippen molar-refractivity contribution in [2.75, 3.05) is 0 Å². The average molecular weight is 360 g/mol. The third-order valence-corrected chi connectivity index (χ3v) is 3.53. The molecule has 0 radical (unpaired) electrons. The molecule has 0 atom stereocenters. The minimum absolute atomic E-state index is 0.00163. The van der Waals surface area contributed by atoms with Gasteiger partial charge in [-0.25, -0.2) is 0 Å². The summed E-state index contributed by atoms with van der Waals surface area (Å²) in [7, 11) is 0. The van der Waals surface area contributed by atoms with E-state index in [1.54, 1.807) is 12.1 Å². The highest BCUT2D eigenvalue weighted by Gasteiger charge is 2.11. The number of tetrazole rings is 1. The summed E-state index contributed by atoms with van der Waals surface area (Å²) in [5.41, 5.74) is 1.60. The van der Waals surface area contributed by atoms with E-state index in [1.165, 1.54) is 16.9 Å². The molecule has 0 saturated heterocycles. The van der Waals surface area contributed by atoms with Crippen molar-refractivity contribution >= 4 is 21.6 Å². The van der Waals surface area contributed by atoms with E-state index in [-0.39, 0.29) is 5.69 Å². The van der Waals surface area contributed by atoms with Gasteiger partial charge in [0.05, 0.1) is 11.5 Å². The standard InChI is InChI=1S/C14H10BrN5O2/c15-12-6-4-10(5-7-12)9-19-17-14(16-18-19)11-2-1-3-13(8-11)20(21)22/h1-8H,9H2. The molecule has 7 nitrogen and oxygen atoms in total. The van der Waals surface area contributed by atoms with Gasteiger partial charge in [0.1, 0.15) is 0 Å². The zero-order valence-corrected chi connectivity index (χ0v) is 12.8. The fourth-order valence-electron chi connectivity index (χ4n) is 1.94. The highest BCUT2D eigenvalue weighted by Crippen LogP contribution is 2.20. The summed E-state index contributed by atoms with van der Waals surface area (Å²) in [5.74, 6) is 0.362. The van der Waals surface area contributed by atoms with E-state index in [4.69, 9.17) is 0 Å². The monoisotopic (exact) mass is 359 g/mol. The molecule has 0 aliphatic rings. The maximum absolute atomic E-state index is 10.8. The van der Waals surface area contributed by atoms with E-state index in [1.807, 2.05) is 24.3 Å². The highest BCUT2D eigenvalue weighted by molar-refractivity contribution is 9.10. The molecule has 2 aromatic carbocycles. The van der Waals surface area contributed by atoms with Crippen molar-refractivity contribution in [2.24, 2.45) is 0 Å². The quantitative estimate of drug-likeness (QED) is 0.527. The summed E-state index contributed by atoms with van der Waals surface area (Å²) in [4.78, 5) is 11.8. The Morgan fingerprint density at radius 2 is 1.95 bits per heavy atom. The Kier molecular flexibility index (Phi) is 3.92. The van der Waals surface area contributed by atoms with Gasteiger partial charge in [0.25, 0.3) is 5.69 Å². The number of halogens is 1. The molecule has 0 amide bonds. The molecule has 0 saturated carbocycles. The van der Waals surface area contributed by atoms with Crippen molar-refractivity contribution < 1.29 is 4.92 Å². The van der Waals surface area contributed by atoms with Gasteiger partial charge in [-0.05, 0) is 22.9 Å². The topological polar surface area (TPSA) is 86.7 Å². The van der Waals surface area contributed by atoms with Gasteiger partial charge in [-0.15, -0.1) is 10.2 Å². The SMILES string of the molecule is O=[N+]([O-])c1cccc(-c2nnn(Cc3ccc(Br)cc3)n2)c1. The van der Waals surface area contributed by atoms with Gasteiger partial charge in [-0.3, -0.25) is 10.1 Å². The number of rotatable bonds is 4. The van der Waals surface area contributed by atoms with Crippen LogP contribution in [0.25, 0.3) is 11.4 Å². The highest BCUT2D eigenvalue weighted by atomic mass is 79.9. The molecule has 0 fully saturated rings. The van der Waals surface area contributed by atoms with Crippen LogP contribution in [0.3, 0.4) is 0 Å². The molecule has 1 aromatic heterocycles. The average Bonchev–Trinajstić information content (AvgIpc) is 2.98. The van der Waals surface area contributed by atoms with E-state index in [9.17, 15) is 10.1 Å². The Hall–Kier alpha value is -2.61. The second-order valence-corrected chi connectivity index (χ2v) is 5.49. The Morgan fingerprint density at radius 3 is 2.68 bits per heavy atom. The maximum atomic E-state index is 10.8. The largest absolute Gasteiger partial charge is 0.270 e. The van der Waals surface area contributed by atoms with Crippen molar-refractivity contribution in [2.45, 2.75) is 6.54 Å². The van der Waals surface area contributed by atoms with E-state index >= 15 is 0 Å². The summed E-state index contributed by atoms with van der Waals surface area (Å²) in [6.07, 6.45) is 0. The van der Waals surface area contributed by atoms with Crippen LogP contribution in [0.15, 0.2) is 53.0 Å². The number of hydrogen-bond donors (Lipinski definition) is 0. The normalized spacial score (nSPS) is 10.6. The molecule has 0 aliphatic heterocycles. The summed E-state index contributed by atoms with van der Waals surface area (Å²) in [5, 5.41) is 23.0. The van der Waals surface area contributed by atoms with Gasteiger partial charge in [0.15, 0.2) is 0 Å². The molecule has 0 unspecified atom stereocenters. The predicted octanol–water partition coefficient (Wildman–Crippen LogP) is 3.06. The summed E-state index contributed by atoms with van der Waals surface area (Å²) >= 11 is 3.38. The lowest BCUT2D eigenvalue weighted by Crippen LogP contribution is -2.03. The number of hydrogen-bond acceptors (Lipinski definition) is 5. The van der Waals surface area contributed by atoms with Crippen LogP contribution >= 0.6 is 15.9 Å². The second-order valence-electron chi connectivity index (χ2n) is 4.58. The van der Waals surface area contributed by atoms with Crippen LogP contribution in [0.1, 0.15) is 5.56 Å². The first kappa shape index (κ1) is 14.3. The number of aromatic nitrogens is 4. The van der Waals surface area contributed by atoms with Gasteiger partial charge >= 0.3 is 0 Å². The van der Waals surface area contributed by atoms with Crippen LogP contribution < -0.4 is 0 Å². The smallest absolute Gasteiger partial charge is 0.258 e. The van der Waals surface area contributed by atoms with Crippen LogP contribution in [0.2, 0.25) is 0 Å². The van der Waals surface area contributed by atoms with Gasteiger partial charge in [0, 0.05) is 22.2 Å². The van der Waals surface area contributed by atoms with Crippen molar-refractivity contribution in [3.63, 3.8) is 0 Å². The van der Waals surface area contributed by atoms with Crippen LogP contribution in [0.5, 0.6) is 0 Å². The van der Waals surface area contributed by atoms with Gasteiger partial charge < -0.3 is 0 Å². The summed E-state index contributed by atoms with van der Waals surface area (Å²) in [6.45, 7) is 0.481. The van der Waals surface area contributed by atoms with Crippen LogP contribution in [0.4, 0.5) is 5.69 Å². The van der Waals surface area contributed by atoms with Crippen molar-refractivity contribution in [1.82, 2.24) is 20.2 Å². The third-order valence-electron chi connectivity index (χ3n) is 3.01. The number of non-ortho nitro benzene ring substituents is 1. The number of nitrogens with zero attached hydrogens (tertiary/aromatic N) is 5. The zero-order chi connectivity index (χ0) is 15.5. The van der Waals surface area contributed by atoms with Gasteiger partial charge in [0.2, 0.25) is 5.82 Å². The lowest BCUT2D eigenvalue weighted by Gasteiger charge is -1.99. The van der Waals surface area contributed by atoms with Crippen molar-refractivity contribution in [3.05, 3.63) is 68.7 Å². The zero-order valence-electron chi connectivity index (χ0n) is 11.3. The van der Waals surface area contributed by atoms with Gasteiger partial charge in [-0.2, -0.15) is 4.80 Å². The van der Waals surface area contributed by atoms with E-state index in [2.05, 4.69) is 31.3 Å². The Bertz CT molecular complexity index is 816. The molecule has 3 rings (SSSR count). The second kappa shape index (κ2) is 6.02. The molecule has 0 spiro atoms. The van der Waals surface area contributed by atoms with Crippen LogP contribution in [-0.2, 0) is 6.54 Å². The number of benzene rings is 2. The molecule has 22 heavy (non-hydrogen) atoms.